The minimum absolute atomic E-state index is 0.0262. The lowest BCUT2D eigenvalue weighted by Gasteiger charge is -2.04. The summed E-state index contributed by atoms with van der Waals surface area (Å²) in [5.74, 6) is -1.53. The molecule has 0 saturated heterocycles. The van der Waals surface area contributed by atoms with Crippen LogP contribution in [0.15, 0.2) is 18.2 Å². The highest BCUT2D eigenvalue weighted by Gasteiger charge is 2.37. The van der Waals surface area contributed by atoms with E-state index in [2.05, 4.69) is 10.3 Å². The number of nitrogens with one attached hydrogen (secondary N) is 1. The molecule has 1 aromatic carbocycles. The number of rotatable bonds is 4. The van der Waals surface area contributed by atoms with Crippen molar-refractivity contribution in [2.75, 3.05) is 7.05 Å². The van der Waals surface area contributed by atoms with E-state index in [4.69, 9.17) is 0 Å². The van der Waals surface area contributed by atoms with E-state index in [1.807, 2.05) is 0 Å². The van der Waals surface area contributed by atoms with Gasteiger partial charge in [0.2, 0.25) is 0 Å². The molecule has 1 aromatic heterocycles. The normalized spacial score (nSPS) is 11.9. The zero-order valence-corrected chi connectivity index (χ0v) is 11.7. The Hall–Kier alpha value is -1.54. The molecule has 0 amide bonds. The lowest BCUT2D eigenvalue weighted by atomic mass is 10.1. The second-order valence-electron chi connectivity index (χ2n) is 4.32. The van der Waals surface area contributed by atoms with Crippen LogP contribution in [0.1, 0.15) is 21.1 Å². The third-order valence-electron chi connectivity index (χ3n) is 2.70. The highest BCUT2D eigenvalue weighted by atomic mass is 32.1. The fourth-order valence-electron chi connectivity index (χ4n) is 1.81. The maximum Gasteiger partial charge on any atom is 0.434 e. The first-order chi connectivity index (χ1) is 9.81. The zero-order chi connectivity index (χ0) is 15.6. The van der Waals surface area contributed by atoms with Crippen molar-refractivity contribution in [1.82, 2.24) is 10.3 Å². The Balaban J connectivity index is 2.32. The summed E-state index contributed by atoms with van der Waals surface area (Å²) in [6.07, 6.45) is -4.66. The van der Waals surface area contributed by atoms with Crippen LogP contribution < -0.4 is 5.32 Å². The summed E-state index contributed by atoms with van der Waals surface area (Å²) in [5.41, 5.74) is -0.853. The van der Waals surface area contributed by atoms with E-state index in [-0.39, 0.29) is 28.4 Å². The molecule has 0 radical (unpaired) electrons. The molecule has 0 saturated carbocycles. The van der Waals surface area contributed by atoms with Crippen molar-refractivity contribution in [3.05, 3.63) is 51.0 Å². The van der Waals surface area contributed by atoms with Crippen LogP contribution in [0.3, 0.4) is 0 Å². The Kier molecular flexibility index (Phi) is 4.58. The van der Waals surface area contributed by atoms with Gasteiger partial charge in [-0.1, -0.05) is 6.07 Å². The predicted octanol–water partition coefficient (Wildman–Crippen LogP) is 3.75. The molecule has 0 fully saturated rings. The van der Waals surface area contributed by atoms with Gasteiger partial charge in [-0.2, -0.15) is 13.2 Å². The average Bonchev–Trinajstić information content (AvgIpc) is 2.76. The molecule has 0 aliphatic carbocycles. The average molecular weight is 322 g/mol. The van der Waals surface area contributed by atoms with E-state index in [0.29, 0.717) is 6.07 Å². The molecular weight excluding hydrogens is 311 g/mol. The third-order valence-corrected chi connectivity index (χ3v) is 3.76. The number of aromatic nitrogens is 1. The fraction of sp³-hybridized carbons (Fsp3) is 0.308. The Morgan fingerprint density at radius 2 is 1.95 bits per heavy atom. The SMILES string of the molecule is CNCc1sc(Cc2ccc(F)cc2F)nc1C(F)(F)F. The summed E-state index contributed by atoms with van der Waals surface area (Å²) in [4.78, 5) is 3.60. The van der Waals surface area contributed by atoms with Gasteiger partial charge >= 0.3 is 6.18 Å². The maximum atomic E-state index is 13.5. The van der Waals surface area contributed by atoms with Crippen LogP contribution in [0.4, 0.5) is 22.0 Å². The summed E-state index contributed by atoms with van der Waals surface area (Å²) in [5, 5.41) is 2.78. The van der Waals surface area contributed by atoms with Gasteiger partial charge in [0.15, 0.2) is 5.69 Å². The number of benzene rings is 1. The van der Waals surface area contributed by atoms with Gasteiger partial charge in [0.25, 0.3) is 0 Å². The van der Waals surface area contributed by atoms with Crippen LogP contribution in [-0.4, -0.2) is 12.0 Å². The first-order valence-corrected chi connectivity index (χ1v) is 6.77. The standard InChI is InChI=1S/C13H11F5N2S/c1-19-6-10-12(13(16,17)18)20-11(21-10)4-7-2-3-8(14)5-9(7)15/h2-3,5,19H,4,6H2,1H3. The molecule has 2 aromatic rings. The van der Waals surface area contributed by atoms with Gasteiger partial charge in [-0.05, 0) is 18.7 Å². The topological polar surface area (TPSA) is 24.9 Å². The predicted molar refractivity (Wildman–Crippen MR) is 69.0 cm³/mol. The van der Waals surface area contributed by atoms with Crippen molar-refractivity contribution in [1.29, 1.82) is 0 Å². The second-order valence-corrected chi connectivity index (χ2v) is 5.49. The summed E-state index contributed by atoms with van der Waals surface area (Å²) < 4.78 is 64.9. The molecule has 21 heavy (non-hydrogen) atoms. The molecule has 0 bridgehead atoms. The van der Waals surface area contributed by atoms with Crippen molar-refractivity contribution < 1.29 is 22.0 Å². The van der Waals surface area contributed by atoms with Gasteiger partial charge in [-0.25, -0.2) is 13.8 Å². The second kappa shape index (κ2) is 6.07. The molecular formula is C13H11F5N2S. The Morgan fingerprint density at radius 1 is 1.24 bits per heavy atom. The molecule has 2 rings (SSSR count). The van der Waals surface area contributed by atoms with Crippen LogP contribution in [0, 0.1) is 11.6 Å². The first kappa shape index (κ1) is 15.8. The molecule has 0 unspecified atom stereocenters. The van der Waals surface area contributed by atoms with Gasteiger partial charge in [0, 0.05) is 19.0 Å². The largest absolute Gasteiger partial charge is 0.434 e. The first-order valence-electron chi connectivity index (χ1n) is 5.95. The van der Waals surface area contributed by atoms with Crippen LogP contribution in [0.2, 0.25) is 0 Å². The minimum Gasteiger partial charge on any atom is -0.315 e. The van der Waals surface area contributed by atoms with Crippen molar-refractivity contribution in [3.8, 4) is 0 Å². The maximum absolute atomic E-state index is 13.5. The quantitative estimate of drug-likeness (QED) is 0.867. The molecule has 2 nitrogen and oxygen atoms in total. The van der Waals surface area contributed by atoms with Gasteiger partial charge < -0.3 is 5.32 Å². The monoisotopic (exact) mass is 322 g/mol. The Morgan fingerprint density at radius 3 is 2.52 bits per heavy atom. The number of hydrogen-bond acceptors (Lipinski definition) is 3. The van der Waals surface area contributed by atoms with Crippen molar-refractivity contribution in [2.24, 2.45) is 0 Å². The van der Waals surface area contributed by atoms with Crippen LogP contribution in [0.25, 0.3) is 0 Å². The number of halogens is 5. The van der Waals surface area contributed by atoms with E-state index in [1.165, 1.54) is 13.1 Å². The molecule has 8 heteroatoms. The summed E-state index contributed by atoms with van der Waals surface area (Å²) >= 11 is 0.865. The minimum atomic E-state index is -4.55. The Labute approximate surface area is 121 Å². The van der Waals surface area contributed by atoms with Crippen molar-refractivity contribution >= 4 is 11.3 Å². The van der Waals surface area contributed by atoms with E-state index >= 15 is 0 Å². The number of alkyl halides is 3. The zero-order valence-electron chi connectivity index (χ0n) is 10.9. The molecule has 1 N–H and O–H groups in total. The summed E-state index contributed by atoms with van der Waals surface area (Å²) in [6, 6.07) is 2.96. The number of thiazole rings is 1. The molecule has 0 atom stereocenters. The van der Waals surface area contributed by atoms with E-state index in [9.17, 15) is 22.0 Å². The van der Waals surface area contributed by atoms with Gasteiger partial charge in [-0.15, -0.1) is 11.3 Å². The number of nitrogens with zero attached hydrogens (tertiary/aromatic N) is 1. The lowest BCUT2D eigenvalue weighted by molar-refractivity contribution is -0.141. The van der Waals surface area contributed by atoms with Gasteiger partial charge in [0.05, 0.1) is 9.88 Å². The van der Waals surface area contributed by atoms with Crippen LogP contribution in [-0.2, 0) is 19.1 Å². The summed E-state index contributed by atoms with van der Waals surface area (Å²) in [6.45, 7) is 0.0262. The van der Waals surface area contributed by atoms with Gasteiger partial charge in [0.1, 0.15) is 11.6 Å². The van der Waals surface area contributed by atoms with Crippen molar-refractivity contribution in [2.45, 2.75) is 19.1 Å². The van der Waals surface area contributed by atoms with Crippen molar-refractivity contribution in [3.63, 3.8) is 0 Å². The molecule has 1 heterocycles. The molecule has 0 aliphatic heterocycles. The fourth-order valence-corrected chi connectivity index (χ4v) is 2.93. The lowest BCUT2D eigenvalue weighted by Crippen LogP contribution is -2.12. The highest BCUT2D eigenvalue weighted by Crippen LogP contribution is 2.35. The van der Waals surface area contributed by atoms with E-state index < -0.39 is 23.5 Å². The Bertz CT molecular complexity index is 636. The van der Waals surface area contributed by atoms with Crippen LogP contribution >= 0.6 is 11.3 Å². The van der Waals surface area contributed by atoms with Crippen LogP contribution in [0.5, 0.6) is 0 Å². The van der Waals surface area contributed by atoms with E-state index in [1.54, 1.807) is 0 Å². The molecule has 0 spiro atoms. The molecule has 0 aliphatic rings. The third kappa shape index (κ3) is 3.76. The summed E-state index contributed by atoms with van der Waals surface area (Å²) in [7, 11) is 1.53. The molecule has 114 valence electrons. The number of hydrogen-bond donors (Lipinski definition) is 1. The smallest absolute Gasteiger partial charge is 0.315 e. The van der Waals surface area contributed by atoms with E-state index in [0.717, 1.165) is 17.4 Å². The highest BCUT2D eigenvalue weighted by molar-refractivity contribution is 7.11. The van der Waals surface area contributed by atoms with Gasteiger partial charge in [-0.3, -0.25) is 0 Å².